The third-order valence-corrected chi connectivity index (χ3v) is 5.37. The van der Waals surface area contributed by atoms with Crippen LogP contribution in [0.2, 0.25) is 10.0 Å². The van der Waals surface area contributed by atoms with Crippen LogP contribution < -0.4 is 0 Å². The molecule has 0 saturated heterocycles. The van der Waals surface area contributed by atoms with Gasteiger partial charge in [0.2, 0.25) is 0 Å². The summed E-state index contributed by atoms with van der Waals surface area (Å²) in [6.07, 6.45) is 2.76. The number of Topliss-reactive ketones (excluding diaryl/α,β-unsaturated/α-hetero) is 1. The zero-order valence-corrected chi connectivity index (χ0v) is 17.8. The largest absolute Gasteiger partial charge is 0.357 e. The van der Waals surface area contributed by atoms with Crippen molar-refractivity contribution >= 4 is 34.6 Å². The molecule has 0 unspecified atom stereocenters. The number of carbonyl (C=O) groups excluding carboxylic acids is 1. The molecule has 2 aromatic carbocycles. The maximum atomic E-state index is 13.1. The second-order valence-electron chi connectivity index (χ2n) is 7.95. The number of rotatable bonds is 3. The van der Waals surface area contributed by atoms with Crippen LogP contribution in [0.5, 0.6) is 0 Å². The van der Waals surface area contributed by atoms with Crippen LogP contribution in [0.15, 0.2) is 42.5 Å². The number of hydrogen-bond acceptors (Lipinski definition) is 2. The van der Waals surface area contributed by atoms with Gasteiger partial charge in [-0.2, -0.15) is 0 Å². The summed E-state index contributed by atoms with van der Waals surface area (Å²) in [7, 11) is 0. The second kappa shape index (κ2) is 7.09. The Labute approximate surface area is 171 Å². The summed E-state index contributed by atoms with van der Waals surface area (Å²) in [4.78, 5) is 13.1. The molecule has 0 saturated carbocycles. The summed E-state index contributed by atoms with van der Waals surface area (Å²) in [5, 5.41) is 1.19. The van der Waals surface area contributed by atoms with Gasteiger partial charge in [0, 0.05) is 21.2 Å². The molecule has 0 aliphatic carbocycles. The molecule has 27 heavy (non-hydrogen) atoms. The molecule has 142 valence electrons. The Hall–Kier alpha value is -1.61. The van der Waals surface area contributed by atoms with Crippen molar-refractivity contribution in [1.82, 2.24) is 0 Å². The Bertz CT molecular complexity index is 939. The van der Waals surface area contributed by atoms with Gasteiger partial charge in [0.25, 0.3) is 0 Å². The highest BCUT2D eigenvalue weighted by atomic mass is 35.5. The Morgan fingerprint density at radius 1 is 0.963 bits per heavy atom. The third-order valence-electron chi connectivity index (χ3n) is 4.82. The monoisotopic (exact) mass is 402 g/mol. The smallest absolute Gasteiger partial charge is 0.194 e. The molecular weight excluding hydrogens is 379 g/mol. The molecule has 1 aliphatic heterocycles. The molecule has 0 fully saturated rings. The van der Waals surface area contributed by atoms with Crippen LogP contribution in [-0.2, 0) is 16.0 Å². The van der Waals surface area contributed by atoms with Gasteiger partial charge in [-0.15, -0.1) is 0 Å². The van der Waals surface area contributed by atoms with Gasteiger partial charge < -0.3 is 4.74 Å². The molecular formula is C23H24Cl2O2. The zero-order valence-electron chi connectivity index (χ0n) is 16.3. The van der Waals surface area contributed by atoms with E-state index in [9.17, 15) is 4.79 Å². The first-order valence-electron chi connectivity index (χ1n) is 9.10. The maximum Gasteiger partial charge on any atom is 0.194 e. The van der Waals surface area contributed by atoms with Crippen molar-refractivity contribution in [2.45, 2.75) is 52.2 Å². The number of ketones is 1. The van der Waals surface area contributed by atoms with E-state index in [-0.39, 0.29) is 5.78 Å². The molecule has 0 spiro atoms. The molecule has 4 heteroatoms. The van der Waals surface area contributed by atoms with Crippen molar-refractivity contribution < 1.29 is 9.53 Å². The number of ether oxygens (including phenoxy) is 1. The normalized spacial score (nSPS) is 18.3. The fraction of sp³-hybridized carbons (Fsp3) is 0.348. The van der Waals surface area contributed by atoms with E-state index in [2.05, 4.69) is 19.1 Å². The molecule has 2 aromatic rings. The minimum Gasteiger partial charge on any atom is -0.357 e. The maximum absolute atomic E-state index is 13.1. The Morgan fingerprint density at radius 2 is 1.67 bits per heavy atom. The van der Waals surface area contributed by atoms with Crippen molar-refractivity contribution in [2.24, 2.45) is 0 Å². The molecule has 0 atom stereocenters. The first-order chi connectivity index (χ1) is 12.5. The van der Waals surface area contributed by atoms with Gasteiger partial charge >= 0.3 is 0 Å². The number of aryl methyl sites for hydroxylation is 1. The highest BCUT2D eigenvalue weighted by molar-refractivity contribution is 6.36. The third kappa shape index (κ3) is 3.99. The van der Waals surface area contributed by atoms with Crippen molar-refractivity contribution in [1.29, 1.82) is 0 Å². The molecule has 1 heterocycles. The second-order valence-corrected chi connectivity index (χ2v) is 8.80. The van der Waals surface area contributed by atoms with Crippen molar-refractivity contribution in [3.63, 3.8) is 0 Å². The highest BCUT2D eigenvalue weighted by Crippen LogP contribution is 2.39. The Balaban J connectivity index is 2.20. The topological polar surface area (TPSA) is 26.3 Å². The average molecular weight is 403 g/mol. The summed E-state index contributed by atoms with van der Waals surface area (Å²) < 4.78 is 5.98. The first kappa shape index (κ1) is 20.1. The van der Waals surface area contributed by atoms with Crippen LogP contribution in [0.3, 0.4) is 0 Å². The zero-order chi connectivity index (χ0) is 20.0. The van der Waals surface area contributed by atoms with Gasteiger partial charge in [0.15, 0.2) is 5.78 Å². The highest BCUT2D eigenvalue weighted by Gasteiger charge is 2.41. The van der Waals surface area contributed by atoms with Gasteiger partial charge in [-0.1, -0.05) is 48.3 Å². The standard InChI is InChI=1S/C23H24Cl2O2/c1-6-14-7-8-15(17-10-9-16(24)12-20(17)25)11-18(14)19-13-22(2,3)27-23(4,5)21(19)26/h7-13H,6H2,1-5H3. The van der Waals surface area contributed by atoms with Crippen LogP contribution >= 0.6 is 23.2 Å². The van der Waals surface area contributed by atoms with Gasteiger partial charge in [0.1, 0.15) is 5.60 Å². The van der Waals surface area contributed by atoms with Crippen LogP contribution in [0.25, 0.3) is 16.7 Å². The van der Waals surface area contributed by atoms with E-state index in [0.717, 1.165) is 28.7 Å². The molecule has 0 radical (unpaired) electrons. The van der Waals surface area contributed by atoms with E-state index in [4.69, 9.17) is 27.9 Å². The predicted molar refractivity (Wildman–Crippen MR) is 114 cm³/mol. The van der Waals surface area contributed by atoms with Crippen LogP contribution in [0.1, 0.15) is 45.7 Å². The van der Waals surface area contributed by atoms with Crippen molar-refractivity contribution in [3.05, 3.63) is 63.6 Å². The molecule has 2 nitrogen and oxygen atoms in total. The lowest BCUT2D eigenvalue weighted by molar-refractivity contribution is -0.150. The van der Waals surface area contributed by atoms with Gasteiger partial charge in [0.05, 0.1) is 5.60 Å². The van der Waals surface area contributed by atoms with E-state index < -0.39 is 11.2 Å². The Kier molecular flexibility index (Phi) is 5.28. The lowest BCUT2D eigenvalue weighted by atomic mass is 9.82. The van der Waals surface area contributed by atoms with E-state index in [1.54, 1.807) is 6.07 Å². The molecule has 0 amide bonds. The van der Waals surface area contributed by atoms with E-state index in [1.807, 2.05) is 52.0 Å². The summed E-state index contributed by atoms with van der Waals surface area (Å²) >= 11 is 12.4. The molecule has 0 aromatic heterocycles. The quantitative estimate of drug-likeness (QED) is 0.566. The number of hydrogen-bond donors (Lipinski definition) is 0. The van der Waals surface area contributed by atoms with Gasteiger partial charge in [-0.25, -0.2) is 0 Å². The number of carbonyl (C=O) groups is 1. The summed E-state index contributed by atoms with van der Waals surface area (Å²) in [5.41, 5.74) is 3.23. The van der Waals surface area contributed by atoms with Crippen LogP contribution in [0.4, 0.5) is 0 Å². The minimum atomic E-state index is -0.869. The molecule has 3 rings (SSSR count). The number of halogens is 2. The summed E-state index contributed by atoms with van der Waals surface area (Å²) in [5.74, 6) is -0.00382. The van der Waals surface area contributed by atoms with Gasteiger partial charge in [-0.3, -0.25) is 4.79 Å². The summed E-state index contributed by atoms with van der Waals surface area (Å²) in [6, 6.07) is 11.6. The SMILES string of the molecule is CCc1ccc(-c2ccc(Cl)cc2Cl)cc1C1=CC(C)(C)OC(C)(C)C1=O. The molecule has 0 N–H and O–H groups in total. The van der Waals surface area contributed by atoms with Gasteiger partial charge in [-0.05, 0) is 75.1 Å². The van der Waals surface area contributed by atoms with E-state index in [1.165, 1.54) is 0 Å². The molecule has 0 bridgehead atoms. The average Bonchev–Trinajstić information content (AvgIpc) is 2.57. The van der Waals surface area contributed by atoms with Crippen molar-refractivity contribution in [3.8, 4) is 11.1 Å². The fourth-order valence-electron chi connectivity index (χ4n) is 3.70. The number of benzene rings is 2. The fourth-order valence-corrected chi connectivity index (χ4v) is 4.22. The lowest BCUT2D eigenvalue weighted by Crippen LogP contribution is -2.46. The minimum absolute atomic E-state index is 0.00382. The lowest BCUT2D eigenvalue weighted by Gasteiger charge is -2.39. The van der Waals surface area contributed by atoms with Crippen LogP contribution in [0, 0.1) is 0 Å². The first-order valence-corrected chi connectivity index (χ1v) is 9.86. The summed E-state index contributed by atoms with van der Waals surface area (Å²) in [6.45, 7) is 9.71. The van der Waals surface area contributed by atoms with Crippen molar-refractivity contribution in [2.75, 3.05) is 0 Å². The van der Waals surface area contributed by atoms with E-state index in [0.29, 0.717) is 15.6 Å². The molecule has 1 aliphatic rings. The Morgan fingerprint density at radius 3 is 2.30 bits per heavy atom. The van der Waals surface area contributed by atoms with E-state index >= 15 is 0 Å². The van der Waals surface area contributed by atoms with Crippen LogP contribution in [-0.4, -0.2) is 17.0 Å². The predicted octanol–water partition coefficient (Wildman–Crippen LogP) is 6.76.